The van der Waals surface area contributed by atoms with Crippen LogP contribution in [0.5, 0.6) is 0 Å². The molecule has 0 amide bonds. The Morgan fingerprint density at radius 3 is 2.33 bits per heavy atom. The molecule has 1 aliphatic rings. The SMILES string of the molecule is O=c1[nH]c(=O)n([C@@H]2C[C@H](O)[C@H](COP(=O)(O)OP(=O)(O)OP(=O)(O)O)O2)cc1CO. The highest BCUT2D eigenvalue weighted by Crippen LogP contribution is 2.66. The van der Waals surface area contributed by atoms with Gasteiger partial charge in [0.25, 0.3) is 5.56 Å². The van der Waals surface area contributed by atoms with E-state index in [0.717, 1.165) is 10.8 Å². The molecule has 30 heavy (non-hydrogen) atoms. The van der Waals surface area contributed by atoms with Gasteiger partial charge in [0.15, 0.2) is 0 Å². The minimum Gasteiger partial charge on any atom is -0.391 e. The van der Waals surface area contributed by atoms with Gasteiger partial charge >= 0.3 is 29.2 Å². The van der Waals surface area contributed by atoms with Crippen molar-refractivity contribution >= 4 is 23.5 Å². The Hall–Kier alpha value is -1.03. The molecule has 0 spiro atoms. The molecule has 7 N–H and O–H groups in total. The molecule has 2 unspecified atom stereocenters. The molecule has 0 radical (unpaired) electrons. The van der Waals surface area contributed by atoms with E-state index in [1.807, 2.05) is 4.98 Å². The van der Waals surface area contributed by atoms with E-state index in [1.165, 1.54) is 0 Å². The second-order valence-corrected chi connectivity index (χ2v) is 10.2. The number of ether oxygens (including phenoxy) is 1. The van der Waals surface area contributed by atoms with Crippen LogP contribution >= 0.6 is 23.5 Å². The van der Waals surface area contributed by atoms with Crippen LogP contribution in [0.15, 0.2) is 15.8 Å². The lowest BCUT2D eigenvalue weighted by Gasteiger charge is -2.19. The van der Waals surface area contributed by atoms with Gasteiger partial charge in [-0.15, -0.1) is 0 Å². The topological polar surface area (TPSA) is 264 Å². The van der Waals surface area contributed by atoms with Crippen LogP contribution in [0.25, 0.3) is 0 Å². The van der Waals surface area contributed by atoms with E-state index in [9.17, 15) is 33.3 Å². The molecule has 17 nitrogen and oxygen atoms in total. The maximum absolute atomic E-state index is 11.9. The first-order chi connectivity index (χ1) is 13.6. The third kappa shape index (κ3) is 7.00. The highest BCUT2D eigenvalue weighted by Gasteiger charge is 2.43. The van der Waals surface area contributed by atoms with Crippen molar-refractivity contribution in [3.63, 3.8) is 0 Å². The van der Waals surface area contributed by atoms with Gasteiger partial charge in [-0.25, -0.2) is 18.5 Å². The van der Waals surface area contributed by atoms with Crippen LogP contribution in [-0.4, -0.2) is 58.2 Å². The van der Waals surface area contributed by atoms with E-state index in [4.69, 9.17) is 24.5 Å². The first kappa shape index (κ1) is 25.2. The smallest absolute Gasteiger partial charge is 0.391 e. The number of hydrogen-bond acceptors (Lipinski definition) is 11. The van der Waals surface area contributed by atoms with Gasteiger partial charge in [-0.1, -0.05) is 0 Å². The molecule has 5 atom stereocenters. The number of aliphatic hydroxyl groups excluding tert-OH is 2. The molecule has 1 aromatic heterocycles. The number of H-pyrrole nitrogens is 1. The number of phosphoric ester groups is 1. The summed E-state index contributed by atoms with van der Waals surface area (Å²) in [7, 11) is -16.7. The molecule has 2 heterocycles. The molecule has 20 heteroatoms. The Morgan fingerprint density at radius 1 is 1.13 bits per heavy atom. The zero-order valence-electron chi connectivity index (χ0n) is 14.6. The average molecular weight is 498 g/mol. The van der Waals surface area contributed by atoms with Crippen LogP contribution in [0.1, 0.15) is 18.2 Å². The Kier molecular flexibility index (Phi) is 7.76. The molecule has 1 aromatic rings. The lowest BCUT2D eigenvalue weighted by atomic mass is 10.2. The van der Waals surface area contributed by atoms with Crippen molar-refractivity contribution in [2.75, 3.05) is 6.61 Å². The van der Waals surface area contributed by atoms with Gasteiger partial charge in [0.1, 0.15) is 12.3 Å². The fraction of sp³-hybridized carbons (Fsp3) is 0.600. The lowest BCUT2D eigenvalue weighted by molar-refractivity contribution is -0.0451. The van der Waals surface area contributed by atoms with Crippen LogP contribution in [0.4, 0.5) is 0 Å². The number of aromatic nitrogens is 2. The standard InChI is InChI=1S/C10H17N2O15P3/c13-3-5-2-12(10(16)11-9(5)15)8-1-6(14)7(25-8)4-24-29(20,21)27-30(22,23)26-28(17,18)19/h2,6-8,13-14H,1,3-4H2,(H,20,21)(H,22,23)(H,11,15,16)(H2,17,18,19)/t6-,7-,8-/m0/s1. The number of hydrogen-bond donors (Lipinski definition) is 7. The Balaban J connectivity index is 2.05. The Labute approximate surface area is 165 Å². The second-order valence-electron chi connectivity index (χ2n) is 5.80. The van der Waals surface area contributed by atoms with Crippen molar-refractivity contribution in [3.05, 3.63) is 32.6 Å². The van der Waals surface area contributed by atoms with Gasteiger partial charge in [0, 0.05) is 12.6 Å². The quantitative estimate of drug-likeness (QED) is 0.182. The van der Waals surface area contributed by atoms with Crippen LogP contribution < -0.4 is 11.2 Å². The minimum atomic E-state index is -5.70. The molecular formula is C10H17N2O15P3. The summed E-state index contributed by atoms with van der Waals surface area (Å²) in [4.78, 5) is 60.6. The summed E-state index contributed by atoms with van der Waals surface area (Å²) in [5.41, 5.74) is -1.94. The van der Waals surface area contributed by atoms with Gasteiger partial charge in [0.2, 0.25) is 0 Å². The van der Waals surface area contributed by atoms with Crippen LogP contribution in [-0.2, 0) is 38.2 Å². The molecular weight excluding hydrogens is 481 g/mol. The monoisotopic (exact) mass is 498 g/mol. The minimum absolute atomic E-state index is 0.176. The summed E-state index contributed by atoms with van der Waals surface area (Å²) >= 11 is 0. The predicted molar refractivity (Wildman–Crippen MR) is 91.6 cm³/mol. The summed E-state index contributed by atoms with van der Waals surface area (Å²) in [5, 5.41) is 19.1. The Bertz CT molecular complexity index is 1030. The first-order valence-corrected chi connectivity index (χ1v) is 12.2. The maximum atomic E-state index is 11.9. The van der Waals surface area contributed by atoms with Crippen molar-refractivity contribution in [2.24, 2.45) is 0 Å². The molecule has 0 saturated carbocycles. The van der Waals surface area contributed by atoms with E-state index in [-0.39, 0.29) is 12.0 Å². The van der Waals surface area contributed by atoms with Crippen molar-refractivity contribution in [3.8, 4) is 0 Å². The third-order valence-electron chi connectivity index (χ3n) is 3.54. The van der Waals surface area contributed by atoms with E-state index in [1.54, 1.807) is 0 Å². The van der Waals surface area contributed by atoms with Crippen LogP contribution in [0, 0.1) is 0 Å². The summed E-state index contributed by atoms with van der Waals surface area (Å²) < 4.78 is 51.1. The zero-order valence-corrected chi connectivity index (χ0v) is 17.3. The third-order valence-corrected chi connectivity index (χ3v) is 7.35. The number of nitrogens with zero attached hydrogens (tertiary/aromatic N) is 1. The molecule has 0 aromatic carbocycles. The largest absolute Gasteiger partial charge is 0.490 e. The van der Waals surface area contributed by atoms with Gasteiger partial charge in [-0.05, 0) is 0 Å². The number of aromatic amines is 1. The van der Waals surface area contributed by atoms with Crippen molar-refractivity contribution < 1.29 is 61.4 Å². The molecule has 1 aliphatic heterocycles. The summed E-state index contributed by atoms with van der Waals surface area (Å²) in [5.74, 6) is 0. The van der Waals surface area contributed by atoms with E-state index in [2.05, 4.69) is 13.1 Å². The fourth-order valence-corrected chi connectivity index (χ4v) is 5.39. The summed E-state index contributed by atoms with van der Waals surface area (Å²) in [6.07, 6.45) is -3.18. The average Bonchev–Trinajstić information content (AvgIpc) is 2.90. The van der Waals surface area contributed by atoms with E-state index >= 15 is 0 Å². The number of phosphoric acid groups is 3. The number of nitrogens with one attached hydrogen (secondary N) is 1. The molecule has 0 aliphatic carbocycles. The number of aliphatic hydroxyl groups is 2. The van der Waals surface area contributed by atoms with Crippen molar-refractivity contribution in [2.45, 2.75) is 31.5 Å². The van der Waals surface area contributed by atoms with Gasteiger partial charge in [0.05, 0.1) is 24.9 Å². The van der Waals surface area contributed by atoms with E-state index in [0.29, 0.717) is 0 Å². The molecule has 172 valence electrons. The number of rotatable bonds is 9. The van der Waals surface area contributed by atoms with Crippen LogP contribution in [0.2, 0.25) is 0 Å². The molecule has 1 saturated heterocycles. The van der Waals surface area contributed by atoms with Gasteiger partial charge < -0.3 is 34.5 Å². The predicted octanol–water partition coefficient (Wildman–Crippen LogP) is -1.98. The Morgan fingerprint density at radius 2 is 1.77 bits per heavy atom. The molecule has 2 rings (SSSR count). The summed E-state index contributed by atoms with van der Waals surface area (Å²) in [6, 6.07) is 0. The first-order valence-electron chi connectivity index (χ1n) is 7.69. The maximum Gasteiger partial charge on any atom is 0.490 e. The highest BCUT2D eigenvalue weighted by molar-refractivity contribution is 7.66. The van der Waals surface area contributed by atoms with Crippen LogP contribution in [0.3, 0.4) is 0 Å². The van der Waals surface area contributed by atoms with Crippen molar-refractivity contribution in [1.29, 1.82) is 0 Å². The van der Waals surface area contributed by atoms with Gasteiger partial charge in [-0.3, -0.25) is 18.9 Å². The lowest BCUT2D eigenvalue weighted by Crippen LogP contribution is -2.34. The summed E-state index contributed by atoms with van der Waals surface area (Å²) in [6.45, 7) is -1.62. The fourth-order valence-electron chi connectivity index (χ4n) is 2.36. The zero-order chi connectivity index (χ0) is 22.9. The molecule has 1 fully saturated rings. The van der Waals surface area contributed by atoms with Gasteiger partial charge in [-0.2, -0.15) is 8.62 Å². The normalized spacial score (nSPS) is 26.3. The second kappa shape index (κ2) is 9.22. The van der Waals surface area contributed by atoms with E-state index < -0.39 is 66.4 Å². The highest BCUT2D eigenvalue weighted by atomic mass is 31.3. The molecule has 0 bridgehead atoms. The van der Waals surface area contributed by atoms with Crippen molar-refractivity contribution in [1.82, 2.24) is 9.55 Å².